The minimum atomic E-state index is -1.44. The van der Waals surface area contributed by atoms with Crippen molar-refractivity contribution in [1.29, 1.82) is 0 Å². The van der Waals surface area contributed by atoms with Crippen molar-refractivity contribution in [3.05, 3.63) is 47.8 Å². The van der Waals surface area contributed by atoms with Gasteiger partial charge in [-0.25, -0.2) is 9.97 Å². The van der Waals surface area contributed by atoms with Crippen LogP contribution in [0.2, 0.25) is 0 Å². The van der Waals surface area contributed by atoms with Crippen LogP contribution in [-0.2, 0) is 13.1 Å². The number of nitrogens with one attached hydrogen (secondary N) is 1. The molecule has 1 heterocycles. The van der Waals surface area contributed by atoms with Crippen molar-refractivity contribution in [3.63, 3.8) is 0 Å². The fraction of sp³-hybridized carbons (Fsp3) is 0.286. The molecule has 1 aromatic carbocycles. The van der Waals surface area contributed by atoms with Crippen molar-refractivity contribution in [1.82, 2.24) is 15.3 Å². The van der Waals surface area contributed by atoms with E-state index < -0.39 is 7.12 Å². The second-order valence-corrected chi connectivity index (χ2v) is 4.96. The van der Waals surface area contributed by atoms with Gasteiger partial charge in [0.25, 0.3) is 0 Å². The van der Waals surface area contributed by atoms with Crippen molar-refractivity contribution >= 4 is 18.5 Å². The third-order valence-electron chi connectivity index (χ3n) is 2.98. The van der Waals surface area contributed by atoms with Crippen LogP contribution in [0.15, 0.2) is 36.5 Å². The summed E-state index contributed by atoms with van der Waals surface area (Å²) in [6.45, 7) is 1.25. The van der Waals surface area contributed by atoms with Crippen LogP contribution in [-0.4, -0.2) is 41.2 Å². The summed E-state index contributed by atoms with van der Waals surface area (Å²) in [7, 11) is 2.37. The standard InChI is InChI=1S/C14H19BN4O2/c1-19(2)14-17-7-6-13(18-14)10-16-9-11-4-3-5-12(8-11)15(20)21/h3-8,16,20-21H,9-10H2,1-2H3. The Bertz CT molecular complexity index is 541. The molecule has 0 radical (unpaired) electrons. The third-order valence-corrected chi connectivity index (χ3v) is 2.98. The Hall–Kier alpha value is -1.96. The van der Waals surface area contributed by atoms with Crippen molar-refractivity contribution in [2.24, 2.45) is 0 Å². The van der Waals surface area contributed by atoms with Gasteiger partial charge in [-0.1, -0.05) is 24.3 Å². The van der Waals surface area contributed by atoms with E-state index in [-0.39, 0.29) is 0 Å². The van der Waals surface area contributed by atoms with E-state index in [2.05, 4.69) is 15.3 Å². The highest BCUT2D eigenvalue weighted by Crippen LogP contribution is 2.04. The van der Waals surface area contributed by atoms with Crippen LogP contribution in [0.1, 0.15) is 11.3 Å². The first-order valence-corrected chi connectivity index (χ1v) is 6.71. The smallest absolute Gasteiger partial charge is 0.423 e. The van der Waals surface area contributed by atoms with E-state index in [4.69, 9.17) is 10.0 Å². The lowest BCUT2D eigenvalue weighted by Gasteiger charge is -2.11. The molecular weight excluding hydrogens is 267 g/mol. The van der Waals surface area contributed by atoms with E-state index >= 15 is 0 Å². The predicted molar refractivity (Wildman–Crippen MR) is 83.2 cm³/mol. The number of rotatable bonds is 6. The number of anilines is 1. The maximum absolute atomic E-state index is 9.15. The Morgan fingerprint density at radius 1 is 1.19 bits per heavy atom. The quantitative estimate of drug-likeness (QED) is 0.622. The van der Waals surface area contributed by atoms with Crippen molar-refractivity contribution in [2.75, 3.05) is 19.0 Å². The predicted octanol–water partition coefficient (Wildman–Crippen LogP) is -0.488. The summed E-state index contributed by atoms with van der Waals surface area (Å²) in [6.07, 6.45) is 1.74. The van der Waals surface area contributed by atoms with Crippen molar-refractivity contribution in [2.45, 2.75) is 13.1 Å². The van der Waals surface area contributed by atoms with Crippen molar-refractivity contribution < 1.29 is 10.0 Å². The van der Waals surface area contributed by atoms with Crippen molar-refractivity contribution in [3.8, 4) is 0 Å². The molecular formula is C14H19BN4O2. The van der Waals surface area contributed by atoms with Crippen LogP contribution in [0.25, 0.3) is 0 Å². The normalized spacial score (nSPS) is 10.5. The molecule has 0 amide bonds. The molecule has 0 saturated carbocycles. The topological polar surface area (TPSA) is 81.5 Å². The summed E-state index contributed by atoms with van der Waals surface area (Å²) < 4.78 is 0. The number of hydrogen-bond donors (Lipinski definition) is 3. The highest BCUT2D eigenvalue weighted by molar-refractivity contribution is 6.58. The molecule has 110 valence electrons. The van der Waals surface area contributed by atoms with Crippen LogP contribution in [0, 0.1) is 0 Å². The number of nitrogens with zero attached hydrogens (tertiary/aromatic N) is 3. The first-order valence-electron chi connectivity index (χ1n) is 6.71. The summed E-state index contributed by atoms with van der Waals surface area (Å²) in [6, 6.07) is 9.06. The molecule has 0 saturated heterocycles. The highest BCUT2D eigenvalue weighted by Gasteiger charge is 2.10. The van der Waals surface area contributed by atoms with Crippen LogP contribution >= 0.6 is 0 Å². The molecule has 0 unspecified atom stereocenters. The molecule has 0 bridgehead atoms. The third kappa shape index (κ3) is 4.52. The van der Waals surface area contributed by atoms with E-state index in [1.54, 1.807) is 24.4 Å². The molecule has 0 atom stereocenters. The SMILES string of the molecule is CN(C)c1nccc(CNCc2cccc(B(O)O)c2)n1. The first-order chi connectivity index (χ1) is 10.1. The largest absolute Gasteiger partial charge is 0.488 e. The minimum absolute atomic E-state index is 0.492. The second kappa shape index (κ2) is 7.17. The van der Waals surface area contributed by atoms with Crippen LogP contribution in [0.4, 0.5) is 5.95 Å². The summed E-state index contributed by atoms with van der Waals surface area (Å²) in [5, 5.41) is 21.6. The Balaban J connectivity index is 1.92. The summed E-state index contributed by atoms with van der Waals surface area (Å²) in [4.78, 5) is 10.4. The number of aromatic nitrogens is 2. The Morgan fingerprint density at radius 2 is 2.00 bits per heavy atom. The van der Waals surface area contributed by atoms with Crippen LogP contribution in [0.3, 0.4) is 0 Å². The van der Waals surface area contributed by atoms with Crippen LogP contribution < -0.4 is 15.7 Å². The molecule has 0 aliphatic carbocycles. The molecule has 6 nitrogen and oxygen atoms in total. The van der Waals surface area contributed by atoms with Gasteiger partial charge in [0.2, 0.25) is 5.95 Å². The maximum Gasteiger partial charge on any atom is 0.488 e. The molecule has 3 N–H and O–H groups in total. The van der Waals surface area contributed by atoms with Gasteiger partial charge in [0.05, 0.1) is 5.69 Å². The zero-order chi connectivity index (χ0) is 15.2. The van der Waals surface area contributed by atoms with Gasteiger partial charge in [-0.3, -0.25) is 0 Å². The summed E-state index contributed by atoms with van der Waals surface area (Å²) in [5.74, 6) is 0.680. The lowest BCUT2D eigenvalue weighted by Crippen LogP contribution is -2.30. The fourth-order valence-corrected chi connectivity index (χ4v) is 1.90. The zero-order valence-electron chi connectivity index (χ0n) is 12.2. The Morgan fingerprint density at radius 3 is 2.71 bits per heavy atom. The lowest BCUT2D eigenvalue weighted by atomic mass is 9.80. The van der Waals surface area contributed by atoms with Gasteiger partial charge in [0.1, 0.15) is 0 Å². The van der Waals surface area contributed by atoms with Gasteiger partial charge in [0, 0.05) is 33.4 Å². The van der Waals surface area contributed by atoms with Gasteiger partial charge in [-0.2, -0.15) is 0 Å². The average molecular weight is 286 g/mol. The molecule has 21 heavy (non-hydrogen) atoms. The van der Waals surface area contributed by atoms with Crippen LogP contribution in [0.5, 0.6) is 0 Å². The molecule has 1 aromatic heterocycles. The lowest BCUT2D eigenvalue weighted by molar-refractivity contribution is 0.425. The number of hydrogen-bond acceptors (Lipinski definition) is 6. The molecule has 0 aliphatic rings. The summed E-state index contributed by atoms with van der Waals surface area (Å²) >= 11 is 0. The summed E-state index contributed by atoms with van der Waals surface area (Å²) in [5.41, 5.74) is 2.39. The van der Waals surface area contributed by atoms with E-state index in [0.717, 1.165) is 11.3 Å². The van der Waals surface area contributed by atoms with E-state index in [1.807, 2.05) is 31.1 Å². The van der Waals surface area contributed by atoms with Gasteiger partial charge in [-0.05, 0) is 17.1 Å². The van der Waals surface area contributed by atoms with Gasteiger partial charge < -0.3 is 20.3 Å². The van der Waals surface area contributed by atoms with Gasteiger partial charge in [-0.15, -0.1) is 0 Å². The fourth-order valence-electron chi connectivity index (χ4n) is 1.90. The Kier molecular flexibility index (Phi) is 5.27. The zero-order valence-corrected chi connectivity index (χ0v) is 12.2. The molecule has 2 rings (SSSR count). The number of benzene rings is 1. The van der Waals surface area contributed by atoms with E-state index in [9.17, 15) is 0 Å². The van der Waals surface area contributed by atoms with Gasteiger partial charge >= 0.3 is 7.12 Å². The monoisotopic (exact) mass is 286 g/mol. The minimum Gasteiger partial charge on any atom is -0.423 e. The van der Waals surface area contributed by atoms with E-state index in [0.29, 0.717) is 24.5 Å². The molecule has 0 spiro atoms. The first kappa shape index (κ1) is 15.4. The Labute approximate surface area is 124 Å². The average Bonchev–Trinajstić information content (AvgIpc) is 2.48. The van der Waals surface area contributed by atoms with E-state index in [1.165, 1.54) is 0 Å². The molecule has 0 fully saturated rings. The molecule has 7 heteroatoms. The molecule has 2 aromatic rings. The maximum atomic E-state index is 9.15. The second-order valence-electron chi connectivity index (χ2n) is 4.96. The van der Waals surface area contributed by atoms with Gasteiger partial charge in [0.15, 0.2) is 0 Å². The highest BCUT2D eigenvalue weighted by atomic mass is 16.4. The molecule has 0 aliphatic heterocycles.